The minimum absolute atomic E-state index is 0.199. The first-order chi connectivity index (χ1) is 8.75. The number of aromatic nitrogens is 2. The first-order valence-corrected chi connectivity index (χ1v) is 5.47. The highest BCUT2D eigenvalue weighted by Crippen LogP contribution is 2.19. The van der Waals surface area contributed by atoms with Gasteiger partial charge in [0.2, 0.25) is 0 Å². The zero-order valence-corrected chi connectivity index (χ0v) is 9.57. The molecule has 18 heavy (non-hydrogen) atoms. The van der Waals surface area contributed by atoms with Crippen molar-refractivity contribution in [3.8, 4) is 5.75 Å². The van der Waals surface area contributed by atoms with Gasteiger partial charge in [0.25, 0.3) is 0 Å². The molecule has 6 heteroatoms. The number of hydrogen-bond donors (Lipinski definition) is 2. The van der Waals surface area contributed by atoms with Crippen LogP contribution in [-0.2, 0) is 13.1 Å². The van der Waals surface area contributed by atoms with E-state index in [2.05, 4.69) is 20.3 Å². The number of nitrogens with zero attached hydrogens (tertiary/aromatic N) is 1. The van der Waals surface area contributed by atoms with Gasteiger partial charge in [-0.3, -0.25) is 5.10 Å². The Balaban J connectivity index is 1.92. The molecule has 2 rings (SSSR count). The smallest absolute Gasteiger partial charge is 0.387 e. The first-order valence-electron chi connectivity index (χ1n) is 5.47. The number of alkyl halides is 2. The number of hydrogen-bond acceptors (Lipinski definition) is 3. The van der Waals surface area contributed by atoms with E-state index >= 15 is 0 Å². The quantitative estimate of drug-likeness (QED) is 0.830. The summed E-state index contributed by atoms with van der Waals surface area (Å²) in [6, 6.07) is 8.56. The standard InChI is InChI=1S/C12H13F2N3O/c13-12(14)18-11-4-2-1-3-9(11)7-15-8-10-5-6-16-17-10/h1-6,12,15H,7-8H2,(H,16,17). The second-order valence-corrected chi connectivity index (χ2v) is 3.67. The van der Waals surface area contributed by atoms with Crippen molar-refractivity contribution in [3.05, 3.63) is 47.8 Å². The predicted octanol–water partition coefficient (Wildman–Crippen LogP) is 2.30. The summed E-state index contributed by atoms with van der Waals surface area (Å²) < 4.78 is 28.8. The molecule has 0 fully saturated rings. The average Bonchev–Trinajstić information content (AvgIpc) is 2.84. The van der Waals surface area contributed by atoms with E-state index in [1.54, 1.807) is 24.4 Å². The Morgan fingerprint density at radius 2 is 2.06 bits per heavy atom. The molecule has 0 amide bonds. The third kappa shape index (κ3) is 3.53. The fraction of sp³-hybridized carbons (Fsp3) is 0.250. The molecule has 4 nitrogen and oxygen atoms in total. The zero-order valence-electron chi connectivity index (χ0n) is 9.57. The summed E-state index contributed by atoms with van der Waals surface area (Å²) in [6.07, 6.45) is 1.66. The van der Waals surface area contributed by atoms with Gasteiger partial charge >= 0.3 is 6.61 Å². The van der Waals surface area contributed by atoms with Crippen molar-refractivity contribution in [3.63, 3.8) is 0 Å². The molecule has 0 spiro atoms. The summed E-state index contributed by atoms with van der Waals surface area (Å²) in [5.74, 6) is 0.199. The molecule has 0 aliphatic heterocycles. The Labute approximate surface area is 103 Å². The molecule has 0 unspecified atom stereocenters. The Morgan fingerprint density at radius 1 is 1.22 bits per heavy atom. The molecule has 1 heterocycles. The van der Waals surface area contributed by atoms with E-state index in [1.807, 2.05) is 6.07 Å². The lowest BCUT2D eigenvalue weighted by molar-refractivity contribution is -0.0505. The lowest BCUT2D eigenvalue weighted by atomic mass is 10.2. The van der Waals surface area contributed by atoms with E-state index in [4.69, 9.17) is 0 Å². The van der Waals surface area contributed by atoms with E-state index in [9.17, 15) is 8.78 Å². The van der Waals surface area contributed by atoms with E-state index in [-0.39, 0.29) is 5.75 Å². The molecule has 1 aromatic heterocycles. The summed E-state index contributed by atoms with van der Waals surface area (Å²) >= 11 is 0. The minimum Gasteiger partial charge on any atom is -0.434 e. The number of nitrogens with one attached hydrogen (secondary N) is 2. The van der Waals surface area contributed by atoms with Crippen LogP contribution in [0.15, 0.2) is 36.5 Å². The SMILES string of the molecule is FC(F)Oc1ccccc1CNCc1ccn[nH]1. The molecular weight excluding hydrogens is 240 g/mol. The third-order valence-corrected chi connectivity index (χ3v) is 2.38. The summed E-state index contributed by atoms with van der Waals surface area (Å²) in [5, 5.41) is 9.74. The van der Waals surface area contributed by atoms with Crippen molar-refractivity contribution in [2.75, 3.05) is 0 Å². The molecule has 0 saturated carbocycles. The fourth-order valence-corrected chi connectivity index (χ4v) is 1.58. The summed E-state index contributed by atoms with van der Waals surface area (Å²) in [7, 11) is 0. The van der Waals surface area contributed by atoms with Crippen LogP contribution in [0.3, 0.4) is 0 Å². The van der Waals surface area contributed by atoms with Gasteiger partial charge in [-0.05, 0) is 12.1 Å². The van der Waals surface area contributed by atoms with Crippen LogP contribution in [0.5, 0.6) is 5.75 Å². The van der Waals surface area contributed by atoms with Gasteiger partial charge in [0, 0.05) is 30.5 Å². The lowest BCUT2D eigenvalue weighted by Crippen LogP contribution is -2.14. The molecule has 0 aliphatic rings. The summed E-state index contributed by atoms with van der Waals surface area (Å²) in [5.41, 5.74) is 1.62. The number of rotatable bonds is 6. The van der Waals surface area contributed by atoms with Gasteiger partial charge < -0.3 is 10.1 Å². The molecule has 2 aromatic rings. The largest absolute Gasteiger partial charge is 0.434 e. The molecule has 0 saturated heterocycles. The lowest BCUT2D eigenvalue weighted by Gasteiger charge is -2.10. The Kier molecular flexibility index (Phi) is 4.25. The van der Waals surface area contributed by atoms with Crippen molar-refractivity contribution in [1.29, 1.82) is 0 Å². The Hall–Kier alpha value is -1.95. The number of halogens is 2. The summed E-state index contributed by atoms with van der Waals surface area (Å²) in [4.78, 5) is 0. The van der Waals surface area contributed by atoms with Crippen LogP contribution in [-0.4, -0.2) is 16.8 Å². The second-order valence-electron chi connectivity index (χ2n) is 3.67. The van der Waals surface area contributed by atoms with Crippen molar-refractivity contribution >= 4 is 0 Å². The van der Waals surface area contributed by atoms with Crippen molar-refractivity contribution in [2.24, 2.45) is 0 Å². The highest BCUT2D eigenvalue weighted by Gasteiger charge is 2.08. The maximum atomic E-state index is 12.2. The summed E-state index contributed by atoms with van der Waals surface area (Å²) in [6.45, 7) is -1.77. The number of para-hydroxylation sites is 1. The molecular formula is C12H13F2N3O. The Morgan fingerprint density at radius 3 is 2.78 bits per heavy atom. The maximum Gasteiger partial charge on any atom is 0.387 e. The van der Waals surface area contributed by atoms with Crippen molar-refractivity contribution < 1.29 is 13.5 Å². The maximum absolute atomic E-state index is 12.2. The highest BCUT2D eigenvalue weighted by molar-refractivity contribution is 5.33. The number of H-pyrrole nitrogens is 1. The van der Waals surface area contributed by atoms with Gasteiger partial charge in [-0.15, -0.1) is 0 Å². The van der Waals surface area contributed by atoms with Gasteiger partial charge in [0.1, 0.15) is 5.75 Å². The number of aromatic amines is 1. The predicted molar refractivity (Wildman–Crippen MR) is 62.2 cm³/mol. The van der Waals surface area contributed by atoms with Crippen LogP contribution in [0.4, 0.5) is 8.78 Å². The van der Waals surface area contributed by atoms with Crippen LogP contribution in [0, 0.1) is 0 Å². The van der Waals surface area contributed by atoms with Crippen LogP contribution in [0.25, 0.3) is 0 Å². The third-order valence-electron chi connectivity index (χ3n) is 2.38. The minimum atomic E-state index is -2.81. The first kappa shape index (κ1) is 12.5. The van der Waals surface area contributed by atoms with Gasteiger partial charge in [0.05, 0.1) is 0 Å². The fourth-order valence-electron chi connectivity index (χ4n) is 1.58. The topological polar surface area (TPSA) is 49.9 Å². The normalized spacial score (nSPS) is 10.8. The van der Waals surface area contributed by atoms with Gasteiger partial charge in [0.15, 0.2) is 0 Å². The number of ether oxygens (including phenoxy) is 1. The van der Waals surface area contributed by atoms with E-state index in [0.29, 0.717) is 18.7 Å². The number of benzene rings is 1. The van der Waals surface area contributed by atoms with Crippen LogP contribution in [0.1, 0.15) is 11.3 Å². The van der Waals surface area contributed by atoms with Gasteiger partial charge in [-0.2, -0.15) is 13.9 Å². The van der Waals surface area contributed by atoms with Crippen molar-refractivity contribution in [2.45, 2.75) is 19.7 Å². The van der Waals surface area contributed by atoms with Crippen LogP contribution in [0.2, 0.25) is 0 Å². The van der Waals surface area contributed by atoms with Gasteiger partial charge in [-0.1, -0.05) is 18.2 Å². The Bertz CT molecular complexity index is 474. The highest BCUT2D eigenvalue weighted by atomic mass is 19.3. The van der Waals surface area contributed by atoms with E-state index < -0.39 is 6.61 Å². The molecule has 0 bridgehead atoms. The molecule has 96 valence electrons. The molecule has 0 radical (unpaired) electrons. The second kappa shape index (κ2) is 6.11. The average molecular weight is 253 g/mol. The molecule has 0 aliphatic carbocycles. The van der Waals surface area contributed by atoms with Crippen LogP contribution >= 0.6 is 0 Å². The van der Waals surface area contributed by atoms with Crippen molar-refractivity contribution in [1.82, 2.24) is 15.5 Å². The zero-order chi connectivity index (χ0) is 12.8. The van der Waals surface area contributed by atoms with Crippen LogP contribution < -0.4 is 10.1 Å². The van der Waals surface area contributed by atoms with Gasteiger partial charge in [-0.25, -0.2) is 0 Å². The molecule has 0 atom stereocenters. The molecule has 2 N–H and O–H groups in total. The van der Waals surface area contributed by atoms with E-state index in [1.165, 1.54) is 6.07 Å². The molecule has 1 aromatic carbocycles. The monoisotopic (exact) mass is 253 g/mol. The van der Waals surface area contributed by atoms with E-state index in [0.717, 1.165) is 5.69 Å².